The highest BCUT2D eigenvalue weighted by Crippen LogP contribution is 2.51. The molecule has 0 amide bonds. The first-order chi connectivity index (χ1) is 33.8. The first-order valence-corrected chi connectivity index (χ1v) is 21.8. The summed E-state index contributed by atoms with van der Waals surface area (Å²) in [5.74, 6) is 0.487. The second kappa shape index (κ2) is 21.0. The summed E-state index contributed by atoms with van der Waals surface area (Å²) in [6.07, 6.45) is -6.51. The van der Waals surface area contributed by atoms with E-state index in [4.69, 9.17) is 28.4 Å². The standard InChI is InChI=1S/C49H43N5O17/c1-27(66-37-16-6-32(7-17-37)50(56)57)43-26-42(55)48-46(30(4)69-40-22-12-35(13-23-40)53(62)63)44(28(2)67-38-18-8-33(9-19-38)51(58)59)45(29(3)68-39-20-10-34(11-21-39)52(60)61)47(49(48)71-43)31(5)70-41-24-14-36(15-25-41)54(64)65/h6-25,27-31,43H,26H2,1-5H3. The Hall–Kier alpha value is -9.21. The molecular weight excluding hydrogens is 931 g/mol. The number of hydrogen-bond acceptors (Lipinski definition) is 17. The van der Waals surface area contributed by atoms with Gasteiger partial charge in [-0.25, -0.2) is 0 Å². The lowest BCUT2D eigenvalue weighted by molar-refractivity contribution is -0.385. The second-order valence-corrected chi connectivity index (χ2v) is 16.3. The largest absolute Gasteiger partial charge is 0.487 e. The van der Waals surface area contributed by atoms with E-state index >= 15 is 4.79 Å². The molecule has 22 heteroatoms. The molecule has 0 spiro atoms. The van der Waals surface area contributed by atoms with Crippen molar-refractivity contribution in [2.75, 3.05) is 0 Å². The predicted octanol–water partition coefficient (Wildman–Crippen LogP) is 11.6. The molecule has 6 unspecified atom stereocenters. The molecule has 0 bridgehead atoms. The highest BCUT2D eigenvalue weighted by atomic mass is 16.6. The Bertz CT molecular complexity index is 2990. The van der Waals surface area contributed by atoms with Gasteiger partial charge in [0.05, 0.1) is 36.6 Å². The number of nitrogens with zero attached hydrogens (tertiary/aromatic N) is 5. The molecule has 71 heavy (non-hydrogen) atoms. The molecule has 0 aliphatic carbocycles. The number of non-ortho nitro benzene ring substituents is 5. The average molecular weight is 974 g/mol. The van der Waals surface area contributed by atoms with Gasteiger partial charge in [-0.15, -0.1) is 0 Å². The van der Waals surface area contributed by atoms with Crippen LogP contribution in [0.25, 0.3) is 0 Å². The maximum Gasteiger partial charge on any atom is 0.269 e. The van der Waals surface area contributed by atoms with E-state index in [1.165, 1.54) is 121 Å². The van der Waals surface area contributed by atoms with E-state index in [9.17, 15) is 50.6 Å². The van der Waals surface area contributed by atoms with Crippen molar-refractivity contribution in [2.24, 2.45) is 0 Å². The van der Waals surface area contributed by atoms with Crippen molar-refractivity contribution in [2.45, 2.75) is 77.7 Å². The minimum Gasteiger partial charge on any atom is -0.487 e. The molecule has 366 valence electrons. The fourth-order valence-electron chi connectivity index (χ4n) is 8.22. The highest BCUT2D eigenvalue weighted by Gasteiger charge is 2.43. The monoisotopic (exact) mass is 973 g/mol. The lowest BCUT2D eigenvalue weighted by atomic mass is 9.79. The lowest BCUT2D eigenvalue weighted by Gasteiger charge is -2.38. The molecule has 1 aliphatic rings. The van der Waals surface area contributed by atoms with Crippen LogP contribution < -0.4 is 28.4 Å². The Labute approximate surface area is 403 Å². The van der Waals surface area contributed by atoms with Crippen molar-refractivity contribution in [3.05, 3.63) is 200 Å². The maximum atomic E-state index is 15.2. The minimum atomic E-state index is -1.09. The molecule has 0 fully saturated rings. The van der Waals surface area contributed by atoms with Gasteiger partial charge in [-0.3, -0.25) is 55.4 Å². The van der Waals surface area contributed by atoms with Crippen LogP contribution in [0, 0.1) is 50.6 Å². The third-order valence-corrected chi connectivity index (χ3v) is 11.5. The number of Topliss-reactive ketones (excluding diaryl/α,β-unsaturated/α-hetero) is 1. The Balaban J connectivity index is 1.48. The van der Waals surface area contributed by atoms with Crippen LogP contribution in [0.3, 0.4) is 0 Å². The third-order valence-electron chi connectivity index (χ3n) is 11.5. The Morgan fingerprint density at radius 2 is 0.662 bits per heavy atom. The summed E-state index contributed by atoms with van der Waals surface area (Å²) in [7, 11) is 0. The van der Waals surface area contributed by atoms with Crippen molar-refractivity contribution in [3.63, 3.8) is 0 Å². The molecule has 1 heterocycles. The zero-order chi connectivity index (χ0) is 51.3. The maximum absolute atomic E-state index is 15.2. The van der Waals surface area contributed by atoms with Crippen LogP contribution in [0.5, 0.6) is 34.5 Å². The Morgan fingerprint density at radius 1 is 0.408 bits per heavy atom. The van der Waals surface area contributed by atoms with Gasteiger partial charge in [0.2, 0.25) is 0 Å². The van der Waals surface area contributed by atoms with Gasteiger partial charge in [0.15, 0.2) is 5.78 Å². The van der Waals surface area contributed by atoms with E-state index in [1.807, 2.05) is 0 Å². The number of nitro groups is 5. The zero-order valence-electron chi connectivity index (χ0n) is 38.4. The van der Waals surface area contributed by atoms with Gasteiger partial charge in [-0.1, -0.05) is 0 Å². The van der Waals surface area contributed by atoms with Gasteiger partial charge in [0.1, 0.15) is 71.1 Å². The number of ether oxygens (including phenoxy) is 6. The number of carbonyl (C=O) groups is 1. The molecule has 0 N–H and O–H groups in total. The second-order valence-electron chi connectivity index (χ2n) is 16.3. The number of rotatable bonds is 20. The van der Waals surface area contributed by atoms with E-state index in [0.29, 0.717) is 11.1 Å². The Kier molecular flexibility index (Phi) is 14.7. The summed E-state index contributed by atoms with van der Waals surface area (Å²) < 4.78 is 39.3. The number of ketones is 1. The van der Waals surface area contributed by atoms with Crippen LogP contribution in [0.15, 0.2) is 121 Å². The highest BCUT2D eigenvalue weighted by molar-refractivity contribution is 6.03. The normalized spacial score (nSPS) is 15.1. The molecule has 0 saturated heterocycles. The van der Waals surface area contributed by atoms with Gasteiger partial charge in [-0.05, 0) is 95.3 Å². The summed E-state index contributed by atoms with van der Waals surface area (Å²) in [5, 5.41) is 57.7. The quantitative estimate of drug-likeness (QED) is 0.0507. The Morgan fingerprint density at radius 3 is 0.958 bits per heavy atom. The van der Waals surface area contributed by atoms with Crippen LogP contribution in [0.1, 0.15) is 98.1 Å². The summed E-state index contributed by atoms with van der Waals surface area (Å²) in [5.41, 5.74) is 0.0613. The van der Waals surface area contributed by atoms with Gasteiger partial charge >= 0.3 is 0 Å². The predicted molar refractivity (Wildman–Crippen MR) is 252 cm³/mol. The molecule has 6 atom stereocenters. The van der Waals surface area contributed by atoms with Crippen molar-refractivity contribution < 1.29 is 57.8 Å². The summed E-state index contributed by atoms with van der Waals surface area (Å²) in [6, 6.07) is 26.5. The first-order valence-electron chi connectivity index (χ1n) is 21.8. The van der Waals surface area contributed by atoms with Crippen LogP contribution in [0.2, 0.25) is 0 Å². The van der Waals surface area contributed by atoms with Crippen LogP contribution in [0.4, 0.5) is 28.4 Å². The molecular formula is C49H43N5O17. The molecule has 0 saturated carbocycles. The smallest absolute Gasteiger partial charge is 0.269 e. The molecule has 0 aromatic heterocycles. The molecule has 6 aromatic rings. The van der Waals surface area contributed by atoms with E-state index in [1.54, 1.807) is 34.6 Å². The van der Waals surface area contributed by atoms with Crippen molar-refractivity contribution >= 4 is 34.2 Å². The van der Waals surface area contributed by atoms with Gasteiger partial charge in [0.25, 0.3) is 28.4 Å². The number of carbonyl (C=O) groups excluding carboxylic acids is 1. The third kappa shape index (κ3) is 11.2. The van der Waals surface area contributed by atoms with Crippen molar-refractivity contribution in [3.8, 4) is 34.5 Å². The molecule has 6 aromatic carbocycles. The topological polar surface area (TPSA) is 288 Å². The fraction of sp³-hybridized carbons (Fsp3) is 0.245. The van der Waals surface area contributed by atoms with Gasteiger partial charge < -0.3 is 28.4 Å². The average Bonchev–Trinajstić information content (AvgIpc) is 3.33. The van der Waals surface area contributed by atoms with Crippen molar-refractivity contribution in [1.29, 1.82) is 0 Å². The summed E-state index contributed by atoms with van der Waals surface area (Å²) in [6.45, 7) is 8.27. The van der Waals surface area contributed by atoms with E-state index in [2.05, 4.69) is 0 Å². The molecule has 22 nitrogen and oxygen atoms in total. The molecule has 7 rings (SSSR count). The van der Waals surface area contributed by atoms with Crippen LogP contribution >= 0.6 is 0 Å². The minimum absolute atomic E-state index is 0.00519. The zero-order valence-corrected chi connectivity index (χ0v) is 38.4. The number of fused-ring (bicyclic) bond motifs is 1. The number of benzene rings is 6. The van der Waals surface area contributed by atoms with Crippen LogP contribution in [-0.4, -0.2) is 42.6 Å². The molecule has 1 aliphatic heterocycles. The number of hydrogen-bond donors (Lipinski definition) is 0. The van der Waals surface area contributed by atoms with Gasteiger partial charge in [0, 0.05) is 82.9 Å². The van der Waals surface area contributed by atoms with E-state index in [0.717, 1.165) is 0 Å². The lowest BCUT2D eigenvalue weighted by Crippen LogP contribution is -2.41. The van der Waals surface area contributed by atoms with Gasteiger partial charge in [-0.2, -0.15) is 0 Å². The van der Waals surface area contributed by atoms with Crippen molar-refractivity contribution in [1.82, 2.24) is 0 Å². The fourth-order valence-corrected chi connectivity index (χ4v) is 8.22. The first kappa shape index (κ1) is 49.7. The van der Waals surface area contributed by atoms with Crippen LogP contribution in [-0.2, 0) is 0 Å². The molecule has 0 radical (unpaired) electrons. The van der Waals surface area contributed by atoms with E-state index < -0.39 is 67.0 Å². The SMILES string of the molecule is CC(Oc1ccc([N+](=O)[O-])cc1)c1c2c(c(C(C)Oc3ccc([N+](=O)[O-])cc3)c(C(C)Oc3ccc([N+](=O)[O-])cc3)c1C(C)Oc1ccc([N+](=O)[O-])cc1)C(=O)CC(C(C)Oc1ccc([N+](=O)[O-])cc1)O2. The number of nitro benzene ring substituents is 5. The summed E-state index contributed by atoms with van der Waals surface area (Å²) in [4.78, 5) is 70.0. The van der Waals surface area contributed by atoms with E-state index in [-0.39, 0.29) is 86.0 Å². The summed E-state index contributed by atoms with van der Waals surface area (Å²) >= 11 is 0.